The van der Waals surface area contributed by atoms with Gasteiger partial charge in [0, 0.05) is 19.5 Å². The molecule has 0 heterocycles. The van der Waals surface area contributed by atoms with Crippen LogP contribution >= 0.6 is 0 Å². The molecule has 106 valence electrons. The topological polar surface area (TPSA) is 46.3 Å². The van der Waals surface area contributed by atoms with Crippen LogP contribution in [0.1, 0.15) is 43.7 Å². The predicted octanol–water partition coefficient (Wildman–Crippen LogP) is 2.86. The van der Waals surface area contributed by atoms with Crippen molar-refractivity contribution < 1.29 is 4.79 Å². The van der Waals surface area contributed by atoms with Crippen LogP contribution in [-0.4, -0.2) is 23.9 Å². The fraction of sp³-hybridized carbons (Fsp3) is 0.562. The van der Waals surface area contributed by atoms with Crippen LogP contribution < -0.4 is 5.73 Å². The smallest absolute Gasteiger partial charge is 0.222 e. The number of benzene rings is 1. The highest BCUT2D eigenvalue weighted by Crippen LogP contribution is 2.12. The van der Waals surface area contributed by atoms with Crippen molar-refractivity contribution in [2.24, 2.45) is 5.73 Å². The third-order valence-corrected chi connectivity index (χ3v) is 3.45. The lowest BCUT2D eigenvalue weighted by Gasteiger charge is -2.22. The van der Waals surface area contributed by atoms with Gasteiger partial charge in [0.15, 0.2) is 0 Å². The van der Waals surface area contributed by atoms with Gasteiger partial charge in [0.1, 0.15) is 0 Å². The molecule has 0 fully saturated rings. The van der Waals surface area contributed by atoms with Gasteiger partial charge in [-0.2, -0.15) is 0 Å². The van der Waals surface area contributed by atoms with E-state index in [1.165, 1.54) is 11.1 Å². The van der Waals surface area contributed by atoms with Crippen LogP contribution in [0, 0.1) is 6.92 Å². The summed E-state index contributed by atoms with van der Waals surface area (Å²) in [6.45, 7) is 6.34. The monoisotopic (exact) mass is 262 g/mol. The molecule has 0 radical (unpaired) electrons. The lowest BCUT2D eigenvalue weighted by Crippen LogP contribution is -2.30. The Hall–Kier alpha value is -1.35. The van der Waals surface area contributed by atoms with Gasteiger partial charge >= 0.3 is 0 Å². The van der Waals surface area contributed by atoms with E-state index in [9.17, 15) is 4.79 Å². The molecule has 0 saturated carbocycles. The van der Waals surface area contributed by atoms with E-state index in [1.807, 2.05) is 24.0 Å². The van der Waals surface area contributed by atoms with E-state index < -0.39 is 0 Å². The average molecular weight is 262 g/mol. The van der Waals surface area contributed by atoms with Gasteiger partial charge in [0.05, 0.1) is 0 Å². The molecule has 0 aliphatic heterocycles. The summed E-state index contributed by atoms with van der Waals surface area (Å²) < 4.78 is 0. The summed E-state index contributed by atoms with van der Waals surface area (Å²) in [5.74, 6) is 0.253. The quantitative estimate of drug-likeness (QED) is 0.732. The van der Waals surface area contributed by atoms with Gasteiger partial charge in [-0.05, 0) is 44.4 Å². The van der Waals surface area contributed by atoms with Gasteiger partial charge in [-0.25, -0.2) is 0 Å². The van der Waals surface area contributed by atoms with Crippen molar-refractivity contribution in [2.45, 2.75) is 46.1 Å². The van der Waals surface area contributed by atoms with Gasteiger partial charge in [0.2, 0.25) is 5.91 Å². The van der Waals surface area contributed by atoms with E-state index in [0.29, 0.717) is 6.42 Å². The summed E-state index contributed by atoms with van der Waals surface area (Å²) >= 11 is 0. The van der Waals surface area contributed by atoms with E-state index in [4.69, 9.17) is 5.73 Å². The number of nitrogens with zero attached hydrogens (tertiary/aromatic N) is 1. The zero-order valence-electron chi connectivity index (χ0n) is 12.2. The summed E-state index contributed by atoms with van der Waals surface area (Å²) in [5.41, 5.74) is 7.94. The number of nitrogens with two attached hydrogens (primary N) is 1. The second-order valence-electron chi connectivity index (χ2n) is 4.93. The fourth-order valence-electron chi connectivity index (χ4n) is 2.12. The lowest BCUT2D eigenvalue weighted by molar-refractivity contribution is -0.131. The van der Waals surface area contributed by atoms with Gasteiger partial charge in [-0.1, -0.05) is 30.7 Å². The van der Waals surface area contributed by atoms with Crippen molar-refractivity contribution in [1.82, 2.24) is 4.90 Å². The van der Waals surface area contributed by atoms with Gasteiger partial charge in [-0.3, -0.25) is 4.79 Å². The Labute approximate surface area is 116 Å². The second-order valence-corrected chi connectivity index (χ2v) is 4.93. The second kappa shape index (κ2) is 8.70. The Morgan fingerprint density at radius 2 is 1.95 bits per heavy atom. The number of rotatable bonds is 8. The molecule has 19 heavy (non-hydrogen) atoms. The molecule has 0 aliphatic rings. The number of carbonyl (C=O) groups is 1. The third kappa shape index (κ3) is 5.43. The van der Waals surface area contributed by atoms with E-state index in [2.05, 4.69) is 19.1 Å². The zero-order chi connectivity index (χ0) is 14.1. The molecule has 1 aromatic carbocycles. The Balaban J connectivity index is 2.48. The van der Waals surface area contributed by atoms with E-state index in [1.54, 1.807) is 0 Å². The first-order chi connectivity index (χ1) is 9.19. The SMILES string of the molecule is CCN(Cc1ccccc1C)C(=O)CCCCCN. The van der Waals surface area contributed by atoms with Crippen molar-refractivity contribution in [3.8, 4) is 0 Å². The molecule has 3 nitrogen and oxygen atoms in total. The molecule has 2 N–H and O–H groups in total. The van der Waals surface area contributed by atoms with E-state index in [-0.39, 0.29) is 5.91 Å². The highest BCUT2D eigenvalue weighted by molar-refractivity contribution is 5.76. The molecule has 0 aliphatic carbocycles. The van der Waals surface area contributed by atoms with Crippen molar-refractivity contribution in [3.63, 3.8) is 0 Å². The maximum Gasteiger partial charge on any atom is 0.222 e. The first-order valence-electron chi connectivity index (χ1n) is 7.21. The van der Waals surface area contributed by atoms with E-state index in [0.717, 1.165) is 38.9 Å². The molecule has 3 heteroatoms. The molecule has 0 spiro atoms. The minimum Gasteiger partial charge on any atom is -0.339 e. The standard InChI is InChI=1S/C16H26N2O/c1-3-18(16(19)11-5-4-8-12-17)13-15-10-7-6-9-14(15)2/h6-7,9-10H,3-5,8,11-13,17H2,1-2H3. The van der Waals surface area contributed by atoms with E-state index >= 15 is 0 Å². The Morgan fingerprint density at radius 1 is 1.21 bits per heavy atom. The van der Waals surface area contributed by atoms with Gasteiger partial charge in [0.25, 0.3) is 0 Å². The number of amides is 1. The summed E-state index contributed by atoms with van der Waals surface area (Å²) in [4.78, 5) is 14.1. The highest BCUT2D eigenvalue weighted by atomic mass is 16.2. The zero-order valence-corrected chi connectivity index (χ0v) is 12.2. The minimum absolute atomic E-state index is 0.253. The number of hydrogen-bond acceptors (Lipinski definition) is 2. The van der Waals surface area contributed by atoms with Crippen LogP contribution in [0.3, 0.4) is 0 Å². The Morgan fingerprint density at radius 3 is 2.58 bits per heavy atom. The summed E-state index contributed by atoms with van der Waals surface area (Å²) in [7, 11) is 0. The van der Waals surface area contributed by atoms with Crippen molar-refractivity contribution in [3.05, 3.63) is 35.4 Å². The highest BCUT2D eigenvalue weighted by Gasteiger charge is 2.12. The van der Waals surface area contributed by atoms with Crippen molar-refractivity contribution in [1.29, 1.82) is 0 Å². The molecule has 0 aromatic heterocycles. The first kappa shape index (κ1) is 15.7. The number of carbonyl (C=O) groups excluding carboxylic acids is 1. The summed E-state index contributed by atoms with van der Waals surface area (Å²) in [6, 6.07) is 8.25. The number of aryl methyl sites for hydroxylation is 1. The summed E-state index contributed by atoms with van der Waals surface area (Å²) in [5, 5.41) is 0. The van der Waals surface area contributed by atoms with Crippen LogP contribution in [0.5, 0.6) is 0 Å². The molecule has 1 rings (SSSR count). The molecule has 0 atom stereocenters. The van der Waals surface area contributed by atoms with Crippen LogP contribution in [0.25, 0.3) is 0 Å². The third-order valence-electron chi connectivity index (χ3n) is 3.45. The lowest BCUT2D eigenvalue weighted by atomic mass is 10.1. The molecular weight excluding hydrogens is 236 g/mol. The van der Waals surface area contributed by atoms with Crippen LogP contribution in [0.15, 0.2) is 24.3 Å². The Bertz CT molecular complexity index is 390. The molecule has 0 saturated heterocycles. The molecule has 0 unspecified atom stereocenters. The molecule has 1 amide bonds. The first-order valence-corrected chi connectivity index (χ1v) is 7.21. The number of unbranched alkanes of at least 4 members (excludes halogenated alkanes) is 2. The predicted molar refractivity (Wildman–Crippen MR) is 79.8 cm³/mol. The van der Waals surface area contributed by atoms with Gasteiger partial charge in [-0.15, -0.1) is 0 Å². The fourth-order valence-corrected chi connectivity index (χ4v) is 2.12. The maximum atomic E-state index is 12.1. The Kier molecular flexibility index (Phi) is 7.19. The summed E-state index contributed by atoms with van der Waals surface area (Å²) in [6.07, 6.45) is 3.64. The van der Waals surface area contributed by atoms with Crippen molar-refractivity contribution in [2.75, 3.05) is 13.1 Å². The van der Waals surface area contributed by atoms with Crippen LogP contribution in [0.4, 0.5) is 0 Å². The van der Waals surface area contributed by atoms with Crippen molar-refractivity contribution >= 4 is 5.91 Å². The normalized spacial score (nSPS) is 10.5. The maximum absolute atomic E-state index is 12.1. The molecule has 1 aromatic rings. The minimum atomic E-state index is 0.253. The molecule has 0 bridgehead atoms. The number of hydrogen-bond donors (Lipinski definition) is 1. The largest absolute Gasteiger partial charge is 0.339 e. The van der Waals surface area contributed by atoms with Crippen LogP contribution in [-0.2, 0) is 11.3 Å². The van der Waals surface area contributed by atoms with Crippen LogP contribution in [0.2, 0.25) is 0 Å². The average Bonchev–Trinajstić information content (AvgIpc) is 2.42. The van der Waals surface area contributed by atoms with Gasteiger partial charge < -0.3 is 10.6 Å². The molecular formula is C16H26N2O.